The molecule has 1 rings (SSSR count). The van der Waals surface area contributed by atoms with Crippen molar-refractivity contribution in [1.82, 2.24) is 0 Å². The first kappa shape index (κ1) is 6.94. The third-order valence-electron chi connectivity index (χ3n) is 1.55. The molecule has 0 aromatic heterocycles. The Morgan fingerprint density at radius 1 is 1.56 bits per heavy atom. The molecule has 0 heterocycles. The van der Waals surface area contributed by atoms with Crippen molar-refractivity contribution in [1.29, 1.82) is 0 Å². The van der Waals surface area contributed by atoms with E-state index in [9.17, 15) is 0 Å². The summed E-state index contributed by atoms with van der Waals surface area (Å²) in [7, 11) is 0. The fourth-order valence-electron chi connectivity index (χ4n) is 0.935. The van der Waals surface area contributed by atoms with Gasteiger partial charge in [0.1, 0.15) is 0 Å². The standard InChI is InChI=1S/C8H12S/c1-6(2)7-3-4-8(9)5-7/h3,5-6,9H,4H2,1-2H3. The summed E-state index contributed by atoms with van der Waals surface area (Å²) in [6, 6.07) is 0. The molecule has 0 spiro atoms. The number of allylic oxidation sites excluding steroid dienone is 4. The van der Waals surface area contributed by atoms with Crippen LogP contribution in [-0.2, 0) is 0 Å². The lowest BCUT2D eigenvalue weighted by Crippen LogP contribution is -1.86. The molecule has 0 bridgehead atoms. The van der Waals surface area contributed by atoms with E-state index in [1.54, 1.807) is 0 Å². The molecule has 0 N–H and O–H groups in total. The van der Waals surface area contributed by atoms with Crippen molar-refractivity contribution in [2.24, 2.45) is 5.92 Å². The van der Waals surface area contributed by atoms with Gasteiger partial charge in [-0.2, -0.15) is 0 Å². The highest BCUT2D eigenvalue weighted by Crippen LogP contribution is 2.24. The summed E-state index contributed by atoms with van der Waals surface area (Å²) in [5.41, 5.74) is 1.43. The van der Waals surface area contributed by atoms with Crippen molar-refractivity contribution < 1.29 is 0 Å². The molecule has 1 heteroatoms. The first-order valence-corrected chi connectivity index (χ1v) is 3.74. The molecule has 0 nitrogen and oxygen atoms in total. The van der Waals surface area contributed by atoms with E-state index in [0.717, 1.165) is 6.42 Å². The summed E-state index contributed by atoms with van der Waals surface area (Å²) in [6.07, 6.45) is 5.44. The van der Waals surface area contributed by atoms with Crippen molar-refractivity contribution in [3.63, 3.8) is 0 Å². The second-order valence-corrected chi connectivity index (χ2v) is 3.27. The zero-order valence-corrected chi connectivity index (χ0v) is 6.78. The molecule has 9 heavy (non-hydrogen) atoms. The highest BCUT2D eigenvalue weighted by molar-refractivity contribution is 7.84. The van der Waals surface area contributed by atoms with Crippen LogP contribution in [0, 0.1) is 5.92 Å². The van der Waals surface area contributed by atoms with Crippen molar-refractivity contribution in [3.05, 3.63) is 22.6 Å². The lowest BCUT2D eigenvalue weighted by molar-refractivity contribution is 0.793. The smallest absolute Gasteiger partial charge is 0.00338 e. The number of rotatable bonds is 1. The van der Waals surface area contributed by atoms with Gasteiger partial charge in [0.2, 0.25) is 0 Å². The SMILES string of the molecule is CC(C)C1=CCC(S)=C1. The average molecular weight is 140 g/mol. The Bertz CT molecular complexity index is 163. The quantitative estimate of drug-likeness (QED) is 0.532. The Labute approximate surface area is 62.1 Å². The molecule has 50 valence electrons. The molecule has 1 aliphatic rings. The first-order chi connectivity index (χ1) is 4.20. The number of hydrogen-bond acceptors (Lipinski definition) is 1. The van der Waals surface area contributed by atoms with Gasteiger partial charge in [-0.1, -0.05) is 19.9 Å². The molecule has 0 atom stereocenters. The molecule has 0 aliphatic heterocycles. The summed E-state index contributed by atoms with van der Waals surface area (Å²) >= 11 is 4.26. The van der Waals surface area contributed by atoms with Crippen LogP contribution in [0.1, 0.15) is 20.3 Å². The van der Waals surface area contributed by atoms with Crippen molar-refractivity contribution in [2.75, 3.05) is 0 Å². The van der Waals surface area contributed by atoms with Gasteiger partial charge in [-0.15, -0.1) is 12.6 Å². The predicted octanol–water partition coefficient (Wildman–Crippen LogP) is 2.79. The number of hydrogen-bond donors (Lipinski definition) is 1. The van der Waals surface area contributed by atoms with Crippen LogP contribution in [-0.4, -0.2) is 0 Å². The van der Waals surface area contributed by atoms with E-state index in [4.69, 9.17) is 0 Å². The Balaban J connectivity index is 2.64. The second kappa shape index (κ2) is 2.61. The highest BCUT2D eigenvalue weighted by atomic mass is 32.1. The molecule has 0 saturated heterocycles. The Hall–Kier alpha value is -0.170. The van der Waals surface area contributed by atoms with E-state index in [1.165, 1.54) is 10.5 Å². The van der Waals surface area contributed by atoms with Gasteiger partial charge in [0.15, 0.2) is 0 Å². The molecule has 0 aromatic rings. The van der Waals surface area contributed by atoms with E-state index in [2.05, 4.69) is 38.6 Å². The maximum Gasteiger partial charge on any atom is -0.00338 e. The zero-order valence-electron chi connectivity index (χ0n) is 5.89. The normalized spacial score (nSPS) is 18.2. The second-order valence-electron chi connectivity index (χ2n) is 2.70. The molecular formula is C8H12S. The Morgan fingerprint density at radius 2 is 2.22 bits per heavy atom. The van der Waals surface area contributed by atoms with Crippen molar-refractivity contribution >= 4 is 12.6 Å². The zero-order chi connectivity index (χ0) is 6.85. The van der Waals surface area contributed by atoms with Crippen LogP contribution < -0.4 is 0 Å². The largest absolute Gasteiger partial charge is 0.148 e. The van der Waals surface area contributed by atoms with E-state index >= 15 is 0 Å². The van der Waals surface area contributed by atoms with Gasteiger partial charge >= 0.3 is 0 Å². The van der Waals surface area contributed by atoms with Gasteiger partial charge in [0, 0.05) is 0 Å². The lowest BCUT2D eigenvalue weighted by Gasteiger charge is -2.00. The van der Waals surface area contributed by atoms with Crippen LogP contribution >= 0.6 is 12.6 Å². The van der Waals surface area contributed by atoms with E-state index in [-0.39, 0.29) is 0 Å². The molecule has 0 aromatic carbocycles. The molecule has 0 fully saturated rings. The van der Waals surface area contributed by atoms with Crippen LogP contribution in [0.5, 0.6) is 0 Å². The van der Waals surface area contributed by atoms with Crippen LogP contribution in [0.2, 0.25) is 0 Å². The Kier molecular flexibility index (Phi) is 2.01. The van der Waals surface area contributed by atoms with Crippen molar-refractivity contribution in [2.45, 2.75) is 20.3 Å². The average Bonchev–Trinajstić information content (AvgIpc) is 2.14. The number of thiol groups is 1. The highest BCUT2D eigenvalue weighted by Gasteiger charge is 2.05. The van der Waals surface area contributed by atoms with Gasteiger partial charge < -0.3 is 0 Å². The summed E-state index contributed by atoms with van der Waals surface area (Å²) in [5, 5.41) is 0. The summed E-state index contributed by atoms with van der Waals surface area (Å²) in [6.45, 7) is 4.41. The van der Waals surface area contributed by atoms with Crippen LogP contribution in [0.3, 0.4) is 0 Å². The van der Waals surface area contributed by atoms with Gasteiger partial charge in [-0.3, -0.25) is 0 Å². The predicted molar refractivity (Wildman–Crippen MR) is 44.6 cm³/mol. The maximum absolute atomic E-state index is 4.26. The maximum atomic E-state index is 4.26. The molecule has 0 saturated carbocycles. The van der Waals surface area contributed by atoms with Crippen LogP contribution in [0.4, 0.5) is 0 Å². The summed E-state index contributed by atoms with van der Waals surface area (Å²) in [5.74, 6) is 0.662. The third-order valence-corrected chi connectivity index (χ3v) is 1.86. The van der Waals surface area contributed by atoms with E-state index < -0.39 is 0 Å². The van der Waals surface area contributed by atoms with Gasteiger partial charge in [-0.25, -0.2) is 0 Å². The lowest BCUT2D eigenvalue weighted by atomic mass is 10.1. The monoisotopic (exact) mass is 140 g/mol. The Morgan fingerprint density at radius 3 is 2.44 bits per heavy atom. The molecule has 1 aliphatic carbocycles. The van der Waals surface area contributed by atoms with E-state index in [0.29, 0.717) is 5.92 Å². The molecular weight excluding hydrogens is 128 g/mol. The topological polar surface area (TPSA) is 0 Å². The fraction of sp³-hybridized carbons (Fsp3) is 0.500. The summed E-state index contributed by atoms with van der Waals surface area (Å²) in [4.78, 5) is 1.19. The molecule has 0 radical (unpaired) electrons. The van der Waals surface area contributed by atoms with E-state index in [1.807, 2.05) is 0 Å². The van der Waals surface area contributed by atoms with Gasteiger partial charge in [0.25, 0.3) is 0 Å². The van der Waals surface area contributed by atoms with Crippen LogP contribution in [0.25, 0.3) is 0 Å². The molecule has 0 unspecified atom stereocenters. The minimum atomic E-state index is 0.662. The summed E-state index contributed by atoms with van der Waals surface area (Å²) < 4.78 is 0. The minimum Gasteiger partial charge on any atom is -0.148 e. The fourth-order valence-corrected chi connectivity index (χ4v) is 1.18. The van der Waals surface area contributed by atoms with Crippen LogP contribution in [0.15, 0.2) is 22.6 Å². The first-order valence-electron chi connectivity index (χ1n) is 3.29. The third kappa shape index (κ3) is 1.62. The molecule has 0 amide bonds. The van der Waals surface area contributed by atoms with Gasteiger partial charge in [-0.05, 0) is 28.9 Å². The van der Waals surface area contributed by atoms with Crippen molar-refractivity contribution in [3.8, 4) is 0 Å². The van der Waals surface area contributed by atoms with Gasteiger partial charge in [0.05, 0.1) is 0 Å². The minimum absolute atomic E-state index is 0.662.